The molecule has 0 bridgehead atoms. The molecule has 2 fully saturated rings. The van der Waals surface area contributed by atoms with E-state index >= 15 is 0 Å². The molecule has 1 aliphatic carbocycles. The van der Waals surface area contributed by atoms with Crippen LogP contribution in [0.2, 0.25) is 0 Å². The van der Waals surface area contributed by atoms with E-state index in [0.717, 1.165) is 25.7 Å². The first-order valence-corrected chi connectivity index (χ1v) is 12.2. The molecule has 7 nitrogen and oxygen atoms in total. The number of carbonyl (C=O) groups is 2. The molecule has 0 unspecified atom stereocenters. The predicted octanol–water partition coefficient (Wildman–Crippen LogP) is 2.45. The summed E-state index contributed by atoms with van der Waals surface area (Å²) in [6, 6.07) is 6.42. The van der Waals surface area contributed by atoms with Gasteiger partial charge in [-0.1, -0.05) is 25.8 Å². The first-order valence-electron chi connectivity index (χ1n) is 10.7. The third-order valence-corrected chi connectivity index (χ3v) is 7.93. The molecular formula is C22H31N3O4S. The van der Waals surface area contributed by atoms with Crippen molar-refractivity contribution in [3.05, 3.63) is 42.5 Å². The lowest BCUT2D eigenvalue weighted by atomic mass is 9.95. The molecule has 1 aromatic rings. The van der Waals surface area contributed by atoms with Gasteiger partial charge < -0.3 is 10.6 Å². The monoisotopic (exact) mass is 433 g/mol. The number of hydrogen-bond donors (Lipinski definition) is 2. The molecule has 1 saturated heterocycles. The average molecular weight is 434 g/mol. The van der Waals surface area contributed by atoms with Crippen LogP contribution in [0.5, 0.6) is 0 Å². The summed E-state index contributed by atoms with van der Waals surface area (Å²) < 4.78 is 27.4. The molecule has 2 N–H and O–H groups in total. The summed E-state index contributed by atoms with van der Waals surface area (Å²) in [7, 11) is -3.59. The Morgan fingerprint density at radius 2 is 1.67 bits per heavy atom. The lowest BCUT2D eigenvalue weighted by Crippen LogP contribution is -2.41. The van der Waals surface area contributed by atoms with Gasteiger partial charge in [0.05, 0.1) is 4.90 Å². The van der Waals surface area contributed by atoms with E-state index in [1.54, 1.807) is 12.1 Å². The fraction of sp³-hybridized carbons (Fsp3) is 0.545. The van der Waals surface area contributed by atoms with Crippen LogP contribution in [0, 0.1) is 5.92 Å². The van der Waals surface area contributed by atoms with Crippen LogP contribution < -0.4 is 10.6 Å². The molecule has 30 heavy (non-hydrogen) atoms. The van der Waals surface area contributed by atoms with Crippen LogP contribution in [-0.4, -0.2) is 50.2 Å². The molecule has 164 valence electrons. The average Bonchev–Trinajstić information content (AvgIpc) is 2.78. The standard InChI is InChI=1S/C22H31N3O4S/c1-2-21(26)23-16-17-12-14-25(15-13-17)30(28,29)20-10-8-18(9-11-20)22(27)24-19-6-4-3-5-7-19/h2,8-11,17,19H,1,3-7,12-16H2,(H,23,26)(H,24,27). The van der Waals surface area contributed by atoms with Crippen molar-refractivity contribution in [1.82, 2.24) is 14.9 Å². The Morgan fingerprint density at radius 1 is 1.03 bits per heavy atom. The lowest BCUT2D eigenvalue weighted by Gasteiger charge is -2.31. The summed E-state index contributed by atoms with van der Waals surface area (Å²) in [5.74, 6) is -0.0999. The summed E-state index contributed by atoms with van der Waals surface area (Å²) in [6.45, 7) is 4.79. The fourth-order valence-electron chi connectivity index (χ4n) is 4.11. The molecule has 8 heteroatoms. The number of nitrogens with one attached hydrogen (secondary N) is 2. The van der Waals surface area contributed by atoms with Gasteiger partial charge in [-0.3, -0.25) is 9.59 Å². The second-order valence-electron chi connectivity index (χ2n) is 8.13. The normalized spacial score (nSPS) is 19.2. The number of sulfonamides is 1. The molecule has 1 heterocycles. The fourth-order valence-corrected chi connectivity index (χ4v) is 5.58. The van der Waals surface area contributed by atoms with Gasteiger partial charge >= 0.3 is 0 Å². The first kappa shape index (κ1) is 22.5. The van der Waals surface area contributed by atoms with E-state index in [2.05, 4.69) is 17.2 Å². The number of amides is 2. The summed E-state index contributed by atoms with van der Waals surface area (Å²) in [6.07, 6.45) is 8.13. The highest BCUT2D eigenvalue weighted by molar-refractivity contribution is 7.89. The zero-order valence-electron chi connectivity index (χ0n) is 17.3. The van der Waals surface area contributed by atoms with Crippen molar-refractivity contribution in [2.45, 2.75) is 55.9 Å². The Morgan fingerprint density at radius 3 is 2.27 bits per heavy atom. The molecule has 1 aromatic carbocycles. The molecule has 1 aliphatic heterocycles. The third kappa shape index (κ3) is 5.70. The number of nitrogens with zero attached hydrogens (tertiary/aromatic N) is 1. The molecule has 2 aliphatic rings. The number of benzene rings is 1. The van der Waals surface area contributed by atoms with Crippen molar-refractivity contribution >= 4 is 21.8 Å². The minimum Gasteiger partial charge on any atom is -0.352 e. The summed E-state index contributed by atoms with van der Waals surface area (Å²) >= 11 is 0. The zero-order valence-corrected chi connectivity index (χ0v) is 18.1. The van der Waals surface area contributed by atoms with E-state index in [1.165, 1.54) is 28.9 Å². The van der Waals surface area contributed by atoms with Crippen LogP contribution in [-0.2, 0) is 14.8 Å². The second kappa shape index (κ2) is 10.2. The maximum absolute atomic E-state index is 12.9. The van der Waals surface area contributed by atoms with Gasteiger partial charge in [-0.15, -0.1) is 0 Å². The Kier molecular flexibility index (Phi) is 7.66. The van der Waals surface area contributed by atoms with Gasteiger partial charge in [0, 0.05) is 31.2 Å². The SMILES string of the molecule is C=CC(=O)NCC1CCN(S(=O)(=O)c2ccc(C(=O)NC3CCCCC3)cc2)CC1. The van der Waals surface area contributed by atoms with E-state index in [-0.39, 0.29) is 28.7 Å². The van der Waals surface area contributed by atoms with Crippen LogP contribution in [0.3, 0.4) is 0 Å². The summed E-state index contributed by atoms with van der Waals surface area (Å²) in [5.41, 5.74) is 0.483. The van der Waals surface area contributed by atoms with E-state index in [1.807, 2.05) is 0 Å². The quantitative estimate of drug-likeness (QED) is 0.646. The highest BCUT2D eigenvalue weighted by Crippen LogP contribution is 2.24. The maximum Gasteiger partial charge on any atom is 0.251 e. The smallest absolute Gasteiger partial charge is 0.251 e. The Bertz CT molecular complexity index is 853. The van der Waals surface area contributed by atoms with Crippen molar-refractivity contribution in [3.63, 3.8) is 0 Å². The topological polar surface area (TPSA) is 95.6 Å². The molecule has 3 rings (SSSR count). The van der Waals surface area contributed by atoms with Crippen molar-refractivity contribution in [1.29, 1.82) is 0 Å². The van der Waals surface area contributed by atoms with Gasteiger partial charge in [-0.2, -0.15) is 4.31 Å². The molecule has 0 radical (unpaired) electrons. The van der Waals surface area contributed by atoms with Gasteiger partial charge in [0.2, 0.25) is 15.9 Å². The molecule has 2 amide bonds. The largest absolute Gasteiger partial charge is 0.352 e. The van der Waals surface area contributed by atoms with Crippen molar-refractivity contribution in [3.8, 4) is 0 Å². The molecule has 0 aromatic heterocycles. The second-order valence-corrected chi connectivity index (χ2v) is 10.1. The summed E-state index contributed by atoms with van der Waals surface area (Å²) in [4.78, 5) is 23.9. The van der Waals surface area contributed by atoms with E-state index in [0.29, 0.717) is 38.0 Å². The van der Waals surface area contributed by atoms with Crippen molar-refractivity contribution in [2.24, 2.45) is 5.92 Å². The van der Waals surface area contributed by atoms with E-state index in [9.17, 15) is 18.0 Å². The molecule has 1 saturated carbocycles. The number of piperidine rings is 1. The zero-order chi connectivity index (χ0) is 21.6. The van der Waals surface area contributed by atoms with E-state index < -0.39 is 10.0 Å². The molecule has 0 atom stereocenters. The highest BCUT2D eigenvalue weighted by atomic mass is 32.2. The van der Waals surface area contributed by atoms with Crippen LogP contribution in [0.4, 0.5) is 0 Å². The summed E-state index contributed by atoms with van der Waals surface area (Å²) in [5, 5.41) is 5.82. The highest BCUT2D eigenvalue weighted by Gasteiger charge is 2.29. The van der Waals surface area contributed by atoms with Gasteiger partial charge in [0.25, 0.3) is 5.91 Å². The van der Waals surface area contributed by atoms with Gasteiger partial charge in [0.15, 0.2) is 0 Å². The van der Waals surface area contributed by atoms with Crippen LogP contribution in [0.1, 0.15) is 55.3 Å². The Balaban J connectivity index is 1.55. The minimum atomic E-state index is -3.59. The maximum atomic E-state index is 12.9. The van der Waals surface area contributed by atoms with Gasteiger partial charge in [-0.05, 0) is 61.9 Å². The van der Waals surface area contributed by atoms with Crippen LogP contribution in [0.15, 0.2) is 41.8 Å². The molecular weight excluding hydrogens is 402 g/mol. The molecule has 0 spiro atoms. The minimum absolute atomic E-state index is 0.145. The van der Waals surface area contributed by atoms with Crippen molar-refractivity contribution in [2.75, 3.05) is 19.6 Å². The lowest BCUT2D eigenvalue weighted by molar-refractivity contribution is -0.116. The number of rotatable bonds is 7. The predicted molar refractivity (Wildman–Crippen MR) is 115 cm³/mol. The first-order chi connectivity index (χ1) is 14.4. The van der Waals surface area contributed by atoms with Gasteiger partial charge in [0.1, 0.15) is 0 Å². The number of hydrogen-bond acceptors (Lipinski definition) is 4. The van der Waals surface area contributed by atoms with Gasteiger partial charge in [-0.25, -0.2) is 8.42 Å². The van der Waals surface area contributed by atoms with Crippen LogP contribution in [0.25, 0.3) is 0 Å². The Labute approximate surface area is 179 Å². The van der Waals surface area contributed by atoms with E-state index in [4.69, 9.17) is 0 Å². The van der Waals surface area contributed by atoms with Crippen LogP contribution >= 0.6 is 0 Å². The Hall–Kier alpha value is -2.19. The number of carbonyl (C=O) groups excluding carboxylic acids is 2. The van der Waals surface area contributed by atoms with Crippen molar-refractivity contribution < 1.29 is 18.0 Å². The third-order valence-electron chi connectivity index (χ3n) is 6.02.